The normalized spacial score (nSPS) is 19.4. The number of rotatable bonds is 4. The van der Waals surface area contributed by atoms with Crippen LogP contribution in [-0.2, 0) is 9.59 Å². The number of para-hydroxylation sites is 1. The molecular formula is C22H25ClN2O2. The SMILES string of the molecule is Cc1ccc(NC(=O)C2CCC(C(=O)N(C)c3ccccc3)CC2)cc1Cl. The Balaban J connectivity index is 1.54. The van der Waals surface area contributed by atoms with Gasteiger partial charge in [-0.25, -0.2) is 0 Å². The van der Waals surface area contributed by atoms with Crippen molar-refractivity contribution in [1.82, 2.24) is 0 Å². The van der Waals surface area contributed by atoms with E-state index < -0.39 is 0 Å². The van der Waals surface area contributed by atoms with Crippen molar-refractivity contribution in [2.24, 2.45) is 11.8 Å². The number of hydrogen-bond donors (Lipinski definition) is 1. The van der Waals surface area contributed by atoms with Crippen molar-refractivity contribution < 1.29 is 9.59 Å². The third kappa shape index (κ3) is 4.69. The molecule has 0 atom stereocenters. The fourth-order valence-corrected chi connectivity index (χ4v) is 3.75. The summed E-state index contributed by atoms with van der Waals surface area (Å²) in [5.74, 6) is 0.0619. The third-order valence-corrected chi connectivity index (χ3v) is 5.77. The van der Waals surface area contributed by atoms with Gasteiger partial charge in [-0.2, -0.15) is 0 Å². The van der Waals surface area contributed by atoms with E-state index in [2.05, 4.69) is 5.32 Å². The first kappa shape index (κ1) is 19.4. The second kappa shape index (κ2) is 8.57. The number of halogens is 1. The van der Waals surface area contributed by atoms with Crippen molar-refractivity contribution in [2.45, 2.75) is 32.6 Å². The number of amides is 2. The first-order valence-electron chi connectivity index (χ1n) is 9.35. The molecule has 0 bridgehead atoms. The Morgan fingerprint density at radius 3 is 2.26 bits per heavy atom. The number of benzene rings is 2. The van der Waals surface area contributed by atoms with Gasteiger partial charge in [0, 0.05) is 35.3 Å². The monoisotopic (exact) mass is 384 g/mol. The lowest BCUT2D eigenvalue weighted by Gasteiger charge is -2.30. The molecule has 1 fully saturated rings. The number of hydrogen-bond acceptors (Lipinski definition) is 2. The van der Waals surface area contributed by atoms with Gasteiger partial charge in [0.2, 0.25) is 11.8 Å². The van der Waals surface area contributed by atoms with Gasteiger partial charge in [-0.3, -0.25) is 9.59 Å². The molecule has 0 aromatic heterocycles. The quantitative estimate of drug-likeness (QED) is 0.801. The summed E-state index contributed by atoms with van der Waals surface area (Å²) in [6, 6.07) is 15.2. The standard InChI is InChI=1S/C22H25ClN2O2/c1-15-8-13-18(14-20(15)23)24-21(26)16-9-11-17(12-10-16)22(27)25(2)19-6-4-3-5-7-19/h3-8,13-14,16-17H,9-12H2,1-2H3,(H,24,26). The van der Waals surface area contributed by atoms with Gasteiger partial charge in [0.15, 0.2) is 0 Å². The lowest BCUT2D eigenvalue weighted by Crippen LogP contribution is -2.36. The largest absolute Gasteiger partial charge is 0.326 e. The summed E-state index contributed by atoms with van der Waals surface area (Å²) in [7, 11) is 1.82. The van der Waals surface area contributed by atoms with Gasteiger partial charge in [0.1, 0.15) is 0 Å². The Morgan fingerprint density at radius 2 is 1.63 bits per heavy atom. The Hall–Kier alpha value is -2.33. The maximum Gasteiger partial charge on any atom is 0.229 e. The molecule has 27 heavy (non-hydrogen) atoms. The predicted molar refractivity (Wildman–Crippen MR) is 110 cm³/mol. The van der Waals surface area contributed by atoms with Gasteiger partial charge >= 0.3 is 0 Å². The summed E-state index contributed by atoms with van der Waals surface area (Å²) >= 11 is 6.12. The van der Waals surface area contributed by atoms with Crippen LogP contribution in [0.15, 0.2) is 48.5 Å². The van der Waals surface area contributed by atoms with Gasteiger partial charge in [-0.1, -0.05) is 35.9 Å². The van der Waals surface area contributed by atoms with Crippen LogP contribution in [0, 0.1) is 18.8 Å². The summed E-state index contributed by atoms with van der Waals surface area (Å²) in [6.07, 6.45) is 2.93. The number of nitrogens with zero attached hydrogens (tertiary/aromatic N) is 1. The molecule has 1 N–H and O–H groups in total. The number of carbonyl (C=O) groups excluding carboxylic acids is 2. The molecule has 2 aromatic rings. The number of carbonyl (C=O) groups is 2. The van der Waals surface area contributed by atoms with Gasteiger partial charge < -0.3 is 10.2 Å². The van der Waals surface area contributed by atoms with E-state index in [9.17, 15) is 9.59 Å². The Morgan fingerprint density at radius 1 is 1.00 bits per heavy atom. The zero-order chi connectivity index (χ0) is 19.4. The fourth-order valence-electron chi connectivity index (χ4n) is 3.57. The first-order valence-corrected chi connectivity index (χ1v) is 9.73. The van der Waals surface area contributed by atoms with Crippen LogP contribution >= 0.6 is 11.6 Å². The van der Waals surface area contributed by atoms with Crippen LogP contribution < -0.4 is 10.2 Å². The van der Waals surface area contributed by atoms with Gasteiger partial charge in [0.25, 0.3) is 0 Å². The maximum atomic E-state index is 12.7. The molecule has 3 rings (SSSR count). The van der Waals surface area contributed by atoms with Crippen molar-refractivity contribution in [3.05, 3.63) is 59.1 Å². The van der Waals surface area contributed by atoms with E-state index in [1.807, 2.05) is 56.4 Å². The molecule has 2 amide bonds. The lowest BCUT2D eigenvalue weighted by molar-refractivity contribution is -0.126. The molecule has 1 aliphatic carbocycles. The summed E-state index contributed by atoms with van der Waals surface area (Å²) in [5.41, 5.74) is 2.60. The molecule has 142 valence electrons. The fraction of sp³-hybridized carbons (Fsp3) is 0.364. The number of anilines is 2. The van der Waals surface area contributed by atoms with Gasteiger partial charge in [0.05, 0.1) is 0 Å². The van der Waals surface area contributed by atoms with E-state index in [0.717, 1.165) is 42.6 Å². The average molecular weight is 385 g/mol. The van der Waals surface area contributed by atoms with Crippen molar-refractivity contribution >= 4 is 34.8 Å². The highest BCUT2D eigenvalue weighted by Crippen LogP contribution is 2.32. The van der Waals surface area contributed by atoms with Crippen LogP contribution in [0.4, 0.5) is 11.4 Å². The minimum Gasteiger partial charge on any atom is -0.326 e. The van der Waals surface area contributed by atoms with Gasteiger partial charge in [-0.05, 0) is 62.4 Å². The van der Waals surface area contributed by atoms with Crippen LogP contribution in [0.25, 0.3) is 0 Å². The van der Waals surface area contributed by atoms with E-state index in [4.69, 9.17) is 11.6 Å². The molecule has 2 aromatic carbocycles. The topological polar surface area (TPSA) is 49.4 Å². The lowest BCUT2D eigenvalue weighted by atomic mass is 9.81. The molecule has 4 nitrogen and oxygen atoms in total. The number of aryl methyl sites for hydroxylation is 1. The summed E-state index contributed by atoms with van der Waals surface area (Å²) in [6.45, 7) is 1.93. The van der Waals surface area contributed by atoms with Crippen molar-refractivity contribution in [3.63, 3.8) is 0 Å². The molecule has 1 aliphatic rings. The molecule has 0 heterocycles. The van der Waals surface area contributed by atoms with Crippen LogP contribution in [0.3, 0.4) is 0 Å². The summed E-state index contributed by atoms with van der Waals surface area (Å²) < 4.78 is 0. The zero-order valence-corrected chi connectivity index (χ0v) is 16.5. The van der Waals surface area contributed by atoms with Crippen molar-refractivity contribution in [1.29, 1.82) is 0 Å². The van der Waals surface area contributed by atoms with E-state index >= 15 is 0 Å². The van der Waals surface area contributed by atoms with Crippen molar-refractivity contribution in [3.8, 4) is 0 Å². The smallest absolute Gasteiger partial charge is 0.229 e. The highest BCUT2D eigenvalue weighted by atomic mass is 35.5. The second-order valence-electron chi connectivity index (χ2n) is 7.23. The van der Waals surface area contributed by atoms with Crippen LogP contribution in [0.2, 0.25) is 5.02 Å². The third-order valence-electron chi connectivity index (χ3n) is 5.36. The maximum absolute atomic E-state index is 12.7. The van der Waals surface area contributed by atoms with Crippen LogP contribution in [0.1, 0.15) is 31.2 Å². The Labute approximate surface area is 165 Å². The zero-order valence-electron chi connectivity index (χ0n) is 15.7. The summed E-state index contributed by atoms with van der Waals surface area (Å²) in [4.78, 5) is 27.0. The van der Waals surface area contributed by atoms with Crippen molar-refractivity contribution in [2.75, 3.05) is 17.3 Å². The second-order valence-corrected chi connectivity index (χ2v) is 7.64. The molecule has 0 aliphatic heterocycles. The molecule has 0 unspecified atom stereocenters. The summed E-state index contributed by atoms with van der Waals surface area (Å²) in [5, 5.41) is 3.60. The Bertz CT molecular complexity index is 814. The molecule has 0 spiro atoms. The van der Waals surface area contributed by atoms with E-state index in [1.54, 1.807) is 11.0 Å². The molecule has 1 saturated carbocycles. The Kier molecular flexibility index (Phi) is 6.17. The highest BCUT2D eigenvalue weighted by molar-refractivity contribution is 6.31. The highest BCUT2D eigenvalue weighted by Gasteiger charge is 2.31. The van der Waals surface area contributed by atoms with E-state index in [0.29, 0.717) is 5.02 Å². The predicted octanol–water partition coefficient (Wildman–Crippen LogP) is 5.06. The first-order chi connectivity index (χ1) is 13.0. The average Bonchev–Trinajstić information content (AvgIpc) is 2.70. The van der Waals surface area contributed by atoms with E-state index in [-0.39, 0.29) is 23.7 Å². The molecule has 0 radical (unpaired) electrons. The van der Waals surface area contributed by atoms with Crippen LogP contribution in [-0.4, -0.2) is 18.9 Å². The minimum atomic E-state index is -0.0591. The van der Waals surface area contributed by atoms with Gasteiger partial charge in [-0.15, -0.1) is 0 Å². The molecule has 5 heteroatoms. The van der Waals surface area contributed by atoms with E-state index in [1.165, 1.54) is 0 Å². The molecular weight excluding hydrogens is 360 g/mol. The molecule has 0 saturated heterocycles. The number of nitrogens with one attached hydrogen (secondary N) is 1. The minimum absolute atomic E-state index is 0.0113. The van der Waals surface area contributed by atoms with Crippen LogP contribution in [0.5, 0.6) is 0 Å².